The molecule has 0 fully saturated rings. The smallest absolute Gasteiger partial charge is 0.274 e. The van der Waals surface area contributed by atoms with Gasteiger partial charge in [0.05, 0.1) is 11.4 Å². The number of aromatic nitrogens is 2. The molecule has 0 aliphatic rings. The average molecular weight is 376 g/mol. The van der Waals surface area contributed by atoms with Crippen molar-refractivity contribution in [3.05, 3.63) is 64.3 Å². The number of pyridine rings is 1. The van der Waals surface area contributed by atoms with E-state index >= 15 is 0 Å². The maximum atomic E-state index is 13.6. The number of carbonyl (C=O) groups is 1. The quantitative estimate of drug-likeness (QED) is 0.732. The van der Waals surface area contributed by atoms with E-state index in [0.717, 1.165) is 10.9 Å². The van der Waals surface area contributed by atoms with Crippen LogP contribution < -0.4 is 5.32 Å². The number of aryl methyl sites for hydroxylation is 1. The van der Waals surface area contributed by atoms with Crippen molar-refractivity contribution in [2.75, 3.05) is 5.32 Å². The van der Waals surface area contributed by atoms with Crippen LogP contribution in [0.15, 0.2) is 47.1 Å². The third kappa shape index (κ3) is 3.12. The predicted molar refractivity (Wildman–Crippen MR) is 91.2 cm³/mol. The molecule has 3 rings (SSSR count). The highest BCUT2D eigenvalue weighted by Crippen LogP contribution is 2.23. The highest BCUT2D eigenvalue weighted by molar-refractivity contribution is 9.10. The number of anilines is 1. The number of carbonyl (C=O) groups excluding carboxylic acids is 1. The summed E-state index contributed by atoms with van der Waals surface area (Å²) < 4.78 is 15.9. The Bertz CT molecular complexity index is 875. The van der Waals surface area contributed by atoms with Crippen molar-refractivity contribution in [1.82, 2.24) is 9.38 Å². The van der Waals surface area contributed by atoms with E-state index < -0.39 is 5.82 Å². The zero-order chi connectivity index (χ0) is 16.4. The van der Waals surface area contributed by atoms with Crippen LogP contribution in [0.4, 0.5) is 10.1 Å². The summed E-state index contributed by atoms with van der Waals surface area (Å²) in [7, 11) is 0. The van der Waals surface area contributed by atoms with E-state index in [-0.39, 0.29) is 5.91 Å². The second kappa shape index (κ2) is 6.50. The molecule has 0 saturated carbocycles. The van der Waals surface area contributed by atoms with Crippen LogP contribution in [0.1, 0.15) is 29.5 Å². The zero-order valence-electron chi connectivity index (χ0n) is 12.5. The van der Waals surface area contributed by atoms with Gasteiger partial charge in [-0.1, -0.05) is 25.5 Å². The Labute approximate surface area is 141 Å². The first-order valence-corrected chi connectivity index (χ1v) is 8.12. The standard InChI is InChI=1S/C17H15BrFN3O/c1-2-5-14-16(22-10-11(19)8-9-15(22)20-14)17(23)21-13-7-4-3-6-12(13)18/h3-4,6-10H,2,5H2,1H3,(H,21,23). The molecule has 0 unspecified atom stereocenters. The van der Waals surface area contributed by atoms with E-state index in [9.17, 15) is 9.18 Å². The summed E-state index contributed by atoms with van der Waals surface area (Å²) >= 11 is 3.40. The van der Waals surface area contributed by atoms with Gasteiger partial charge in [-0.25, -0.2) is 9.37 Å². The molecular formula is C17H15BrFN3O. The lowest BCUT2D eigenvalue weighted by atomic mass is 10.2. The number of imidazole rings is 1. The van der Waals surface area contributed by atoms with Crippen molar-refractivity contribution in [1.29, 1.82) is 0 Å². The fourth-order valence-corrected chi connectivity index (χ4v) is 2.85. The van der Waals surface area contributed by atoms with Crippen molar-refractivity contribution in [2.45, 2.75) is 19.8 Å². The molecule has 0 saturated heterocycles. The molecule has 0 atom stereocenters. The number of hydrogen-bond acceptors (Lipinski definition) is 2. The molecule has 1 amide bonds. The maximum absolute atomic E-state index is 13.6. The Morgan fingerprint density at radius 2 is 2.09 bits per heavy atom. The van der Waals surface area contributed by atoms with E-state index in [1.54, 1.807) is 12.1 Å². The van der Waals surface area contributed by atoms with Crippen molar-refractivity contribution < 1.29 is 9.18 Å². The Morgan fingerprint density at radius 3 is 2.83 bits per heavy atom. The van der Waals surface area contributed by atoms with Crippen molar-refractivity contribution in [3.8, 4) is 0 Å². The minimum absolute atomic E-state index is 0.307. The summed E-state index contributed by atoms with van der Waals surface area (Å²) in [5, 5.41) is 2.85. The van der Waals surface area contributed by atoms with Crippen LogP contribution in [0.5, 0.6) is 0 Å². The van der Waals surface area contributed by atoms with Gasteiger partial charge in [0, 0.05) is 10.7 Å². The van der Waals surface area contributed by atoms with Gasteiger partial charge in [0.15, 0.2) is 0 Å². The largest absolute Gasteiger partial charge is 0.320 e. The molecule has 0 aliphatic heterocycles. The predicted octanol–water partition coefficient (Wildman–Crippen LogP) is 4.44. The first kappa shape index (κ1) is 15.7. The summed E-state index contributed by atoms with van der Waals surface area (Å²) in [5.41, 5.74) is 2.26. The average Bonchev–Trinajstić information content (AvgIpc) is 2.87. The molecule has 6 heteroatoms. The number of fused-ring (bicyclic) bond motifs is 1. The fraction of sp³-hybridized carbons (Fsp3) is 0.176. The molecule has 1 N–H and O–H groups in total. The Kier molecular flexibility index (Phi) is 4.43. The highest BCUT2D eigenvalue weighted by atomic mass is 79.9. The Morgan fingerprint density at radius 1 is 1.30 bits per heavy atom. The number of nitrogens with one attached hydrogen (secondary N) is 1. The van der Waals surface area contributed by atoms with Crippen LogP contribution in [0.2, 0.25) is 0 Å². The fourth-order valence-electron chi connectivity index (χ4n) is 2.46. The van der Waals surface area contributed by atoms with E-state index in [1.807, 2.05) is 25.1 Å². The molecule has 118 valence electrons. The topological polar surface area (TPSA) is 46.4 Å². The maximum Gasteiger partial charge on any atom is 0.274 e. The van der Waals surface area contributed by atoms with E-state index in [2.05, 4.69) is 26.2 Å². The molecule has 3 aromatic rings. The number of amides is 1. The monoisotopic (exact) mass is 375 g/mol. The Balaban J connectivity index is 2.06. The van der Waals surface area contributed by atoms with Crippen molar-refractivity contribution >= 4 is 33.2 Å². The number of halogens is 2. The normalized spacial score (nSPS) is 10.9. The van der Waals surface area contributed by atoms with Gasteiger partial charge in [0.2, 0.25) is 0 Å². The number of hydrogen-bond donors (Lipinski definition) is 1. The van der Waals surface area contributed by atoms with Gasteiger partial charge in [-0.2, -0.15) is 0 Å². The number of rotatable bonds is 4. The minimum Gasteiger partial charge on any atom is -0.320 e. The number of para-hydroxylation sites is 1. The molecule has 0 radical (unpaired) electrons. The zero-order valence-corrected chi connectivity index (χ0v) is 14.1. The molecule has 2 aromatic heterocycles. The van der Waals surface area contributed by atoms with Crippen molar-refractivity contribution in [2.24, 2.45) is 0 Å². The summed E-state index contributed by atoms with van der Waals surface area (Å²) in [4.78, 5) is 17.2. The van der Waals surface area contributed by atoms with Gasteiger partial charge in [0.25, 0.3) is 5.91 Å². The third-order valence-electron chi connectivity index (χ3n) is 3.48. The molecule has 2 heterocycles. The molecule has 0 aliphatic carbocycles. The SMILES string of the molecule is CCCc1nc2ccc(F)cn2c1C(=O)Nc1ccccc1Br. The van der Waals surface area contributed by atoms with Crippen molar-refractivity contribution in [3.63, 3.8) is 0 Å². The molecule has 0 spiro atoms. The van der Waals surface area contributed by atoms with Gasteiger partial charge in [-0.05, 0) is 46.6 Å². The summed E-state index contributed by atoms with van der Waals surface area (Å²) in [5.74, 6) is -0.716. The lowest BCUT2D eigenvalue weighted by Gasteiger charge is -2.08. The first-order chi connectivity index (χ1) is 11.1. The van der Waals surface area contributed by atoms with Crippen LogP contribution in [-0.4, -0.2) is 15.3 Å². The van der Waals surface area contributed by atoms with Gasteiger partial charge < -0.3 is 5.32 Å². The van der Waals surface area contributed by atoms with Crippen LogP contribution in [0.3, 0.4) is 0 Å². The number of benzene rings is 1. The van der Waals surface area contributed by atoms with Crippen LogP contribution >= 0.6 is 15.9 Å². The van der Waals surface area contributed by atoms with Gasteiger partial charge in [-0.3, -0.25) is 9.20 Å². The lowest BCUT2D eigenvalue weighted by molar-refractivity contribution is 0.102. The van der Waals surface area contributed by atoms with Gasteiger partial charge >= 0.3 is 0 Å². The van der Waals surface area contributed by atoms with Crippen LogP contribution in [-0.2, 0) is 6.42 Å². The summed E-state index contributed by atoms with van der Waals surface area (Å²) in [6, 6.07) is 10.3. The van der Waals surface area contributed by atoms with Crippen LogP contribution in [0.25, 0.3) is 5.65 Å². The second-order valence-electron chi connectivity index (χ2n) is 5.17. The van der Waals surface area contributed by atoms with E-state index in [4.69, 9.17) is 0 Å². The lowest BCUT2D eigenvalue weighted by Crippen LogP contribution is -2.16. The molecule has 1 aromatic carbocycles. The third-order valence-corrected chi connectivity index (χ3v) is 4.17. The van der Waals surface area contributed by atoms with Gasteiger partial charge in [0.1, 0.15) is 17.2 Å². The summed E-state index contributed by atoms with van der Waals surface area (Å²) in [6.07, 6.45) is 2.79. The van der Waals surface area contributed by atoms with Crippen LogP contribution in [0, 0.1) is 5.82 Å². The second-order valence-corrected chi connectivity index (χ2v) is 6.02. The van der Waals surface area contributed by atoms with E-state index in [1.165, 1.54) is 16.7 Å². The van der Waals surface area contributed by atoms with E-state index in [0.29, 0.717) is 29.1 Å². The Hall–Kier alpha value is -2.21. The van der Waals surface area contributed by atoms with Gasteiger partial charge in [-0.15, -0.1) is 0 Å². The first-order valence-electron chi connectivity index (χ1n) is 7.32. The minimum atomic E-state index is -0.409. The molecular weight excluding hydrogens is 361 g/mol. The number of nitrogens with zero attached hydrogens (tertiary/aromatic N) is 2. The summed E-state index contributed by atoms with van der Waals surface area (Å²) in [6.45, 7) is 2.01. The molecule has 4 nitrogen and oxygen atoms in total. The highest BCUT2D eigenvalue weighted by Gasteiger charge is 2.19. The molecule has 23 heavy (non-hydrogen) atoms. The molecule has 0 bridgehead atoms.